The fraction of sp³-hybridized carbons (Fsp3) is 0.722. The summed E-state index contributed by atoms with van der Waals surface area (Å²) < 4.78 is 7.19. The first kappa shape index (κ1) is 25.5. The number of guanidine groups is 1. The van der Waals surface area contributed by atoms with E-state index < -0.39 is 17.2 Å². The number of hydrogen-bond donors (Lipinski definition) is 3. The molecule has 0 aromatic carbocycles. The van der Waals surface area contributed by atoms with Gasteiger partial charge in [-0.25, -0.2) is 4.79 Å². The quantitative estimate of drug-likeness (QED) is 0.308. The van der Waals surface area contributed by atoms with E-state index in [-0.39, 0.29) is 24.0 Å². The second-order valence-electron chi connectivity index (χ2n) is 7.91. The van der Waals surface area contributed by atoms with Gasteiger partial charge >= 0.3 is 6.09 Å². The lowest BCUT2D eigenvalue weighted by Crippen LogP contribution is -2.49. The van der Waals surface area contributed by atoms with Crippen LogP contribution in [0.3, 0.4) is 0 Å². The highest BCUT2D eigenvalue weighted by Gasteiger charge is 2.24. The van der Waals surface area contributed by atoms with Crippen molar-refractivity contribution in [1.29, 1.82) is 0 Å². The molecule has 0 aliphatic carbocycles. The molecule has 1 rings (SSSR count). The molecule has 0 unspecified atom stereocenters. The summed E-state index contributed by atoms with van der Waals surface area (Å²) in [6, 6.07) is 0. The number of carbonyl (C=O) groups is 1. The Labute approximate surface area is 179 Å². The van der Waals surface area contributed by atoms with Gasteiger partial charge in [-0.05, 0) is 54.0 Å². The van der Waals surface area contributed by atoms with Gasteiger partial charge in [0.1, 0.15) is 5.60 Å². The van der Waals surface area contributed by atoms with Crippen molar-refractivity contribution in [2.24, 2.45) is 4.99 Å². The number of rotatable bonds is 7. The van der Waals surface area contributed by atoms with Crippen molar-refractivity contribution in [3.63, 3.8) is 0 Å². The molecule has 27 heavy (non-hydrogen) atoms. The minimum absolute atomic E-state index is 0. The number of nitrogens with zero attached hydrogens (tertiary/aromatic N) is 3. The van der Waals surface area contributed by atoms with Gasteiger partial charge in [-0.2, -0.15) is 5.10 Å². The summed E-state index contributed by atoms with van der Waals surface area (Å²) in [6.07, 6.45) is 3.40. The third-order valence-electron chi connectivity index (χ3n) is 3.21. The van der Waals surface area contributed by atoms with E-state index in [0.717, 1.165) is 18.7 Å². The van der Waals surface area contributed by atoms with Gasteiger partial charge in [0.2, 0.25) is 0 Å². The number of aryl methyl sites for hydroxylation is 1. The van der Waals surface area contributed by atoms with Crippen LogP contribution in [-0.4, -0.2) is 52.6 Å². The topological polar surface area (TPSA) is 92.6 Å². The number of hydrogen-bond acceptors (Lipinski definition) is 4. The van der Waals surface area contributed by atoms with Crippen molar-refractivity contribution in [3.8, 4) is 0 Å². The fourth-order valence-corrected chi connectivity index (χ4v) is 2.12. The van der Waals surface area contributed by atoms with Gasteiger partial charge in [0, 0.05) is 19.3 Å². The molecule has 1 heterocycles. The third kappa shape index (κ3) is 11.7. The predicted octanol–water partition coefficient (Wildman–Crippen LogP) is 2.67. The van der Waals surface area contributed by atoms with Crippen LogP contribution in [0.2, 0.25) is 0 Å². The fourth-order valence-electron chi connectivity index (χ4n) is 2.12. The zero-order valence-electron chi connectivity index (χ0n) is 17.5. The average molecular weight is 494 g/mol. The first-order valence-electron chi connectivity index (χ1n) is 9.03. The molecule has 0 aliphatic heterocycles. The van der Waals surface area contributed by atoms with Gasteiger partial charge in [-0.15, -0.1) is 24.0 Å². The summed E-state index contributed by atoms with van der Waals surface area (Å²) in [5, 5.41) is 13.6. The maximum Gasteiger partial charge on any atom is 0.408 e. The molecule has 0 saturated heterocycles. The molecule has 0 atom stereocenters. The molecular formula is C18H35IN6O2. The lowest BCUT2D eigenvalue weighted by molar-refractivity contribution is 0.0476. The summed E-state index contributed by atoms with van der Waals surface area (Å²) in [4.78, 5) is 16.5. The molecule has 0 aliphatic rings. The molecule has 0 fully saturated rings. The van der Waals surface area contributed by atoms with Crippen molar-refractivity contribution in [1.82, 2.24) is 25.7 Å². The lowest BCUT2D eigenvalue weighted by Gasteiger charge is -2.27. The molecule has 0 radical (unpaired) electrons. The Balaban J connectivity index is 0.00000676. The molecule has 8 nitrogen and oxygen atoms in total. The summed E-state index contributed by atoms with van der Waals surface area (Å²) in [5.41, 5.74) is 0.0923. The van der Waals surface area contributed by atoms with Crippen LogP contribution < -0.4 is 16.0 Å². The molecular weight excluding hydrogens is 459 g/mol. The Hall–Kier alpha value is -1.52. The first-order chi connectivity index (χ1) is 12.0. The Morgan fingerprint density at radius 3 is 2.44 bits per heavy atom. The van der Waals surface area contributed by atoms with E-state index in [1.54, 1.807) is 0 Å². The standard InChI is InChI=1S/C18H34N6O2.HI/c1-8-19-15(20-9-10-24-12-14(2)11-22-24)21-13-18(6,7)23-16(25)26-17(3,4)5;/h11-12H,8-10,13H2,1-7H3,(H,23,25)(H2,19,20,21);1H. The summed E-state index contributed by atoms with van der Waals surface area (Å²) in [7, 11) is 0. The highest BCUT2D eigenvalue weighted by Crippen LogP contribution is 2.09. The minimum Gasteiger partial charge on any atom is -0.444 e. The molecule has 0 spiro atoms. The number of aliphatic imine (C=N–C) groups is 1. The number of aromatic nitrogens is 2. The molecule has 1 aromatic heterocycles. The van der Waals surface area contributed by atoms with E-state index in [4.69, 9.17) is 4.74 Å². The van der Waals surface area contributed by atoms with Crippen LogP contribution in [0, 0.1) is 6.92 Å². The van der Waals surface area contributed by atoms with Gasteiger partial charge in [0.25, 0.3) is 0 Å². The number of carbonyl (C=O) groups excluding carboxylic acids is 1. The largest absolute Gasteiger partial charge is 0.444 e. The highest BCUT2D eigenvalue weighted by atomic mass is 127. The zero-order chi connectivity index (χ0) is 19.8. The molecule has 9 heteroatoms. The maximum absolute atomic E-state index is 12.0. The van der Waals surface area contributed by atoms with Crippen molar-refractivity contribution in [3.05, 3.63) is 18.0 Å². The second-order valence-corrected chi connectivity index (χ2v) is 7.91. The van der Waals surface area contributed by atoms with Gasteiger partial charge in [-0.3, -0.25) is 9.67 Å². The van der Waals surface area contributed by atoms with Crippen LogP contribution in [0.5, 0.6) is 0 Å². The van der Waals surface area contributed by atoms with E-state index in [9.17, 15) is 4.79 Å². The summed E-state index contributed by atoms with van der Waals surface area (Å²) in [6.45, 7) is 16.0. The smallest absolute Gasteiger partial charge is 0.408 e. The van der Waals surface area contributed by atoms with Crippen molar-refractivity contribution in [2.45, 2.75) is 66.2 Å². The third-order valence-corrected chi connectivity index (χ3v) is 3.21. The molecule has 3 N–H and O–H groups in total. The zero-order valence-corrected chi connectivity index (χ0v) is 19.9. The summed E-state index contributed by atoms with van der Waals surface area (Å²) >= 11 is 0. The van der Waals surface area contributed by atoms with Crippen LogP contribution in [0.15, 0.2) is 17.4 Å². The Morgan fingerprint density at radius 1 is 1.26 bits per heavy atom. The highest BCUT2D eigenvalue weighted by molar-refractivity contribution is 14.0. The van der Waals surface area contributed by atoms with Crippen molar-refractivity contribution < 1.29 is 9.53 Å². The van der Waals surface area contributed by atoms with Crippen LogP contribution >= 0.6 is 24.0 Å². The van der Waals surface area contributed by atoms with E-state index in [0.29, 0.717) is 19.0 Å². The average Bonchev–Trinajstić information content (AvgIpc) is 2.87. The Kier molecular flexibility index (Phi) is 10.7. The van der Waals surface area contributed by atoms with E-state index in [1.807, 2.05) is 65.5 Å². The minimum atomic E-state index is -0.524. The second kappa shape index (κ2) is 11.4. The number of halogens is 1. The monoisotopic (exact) mass is 494 g/mol. The Morgan fingerprint density at radius 2 is 1.93 bits per heavy atom. The van der Waals surface area contributed by atoms with Crippen LogP contribution in [0.4, 0.5) is 4.79 Å². The summed E-state index contributed by atoms with van der Waals surface area (Å²) in [5.74, 6) is 0.704. The first-order valence-corrected chi connectivity index (χ1v) is 9.03. The molecule has 1 aromatic rings. The van der Waals surface area contributed by atoms with Gasteiger partial charge in [-0.1, -0.05) is 0 Å². The van der Waals surface area contributed by atoms with Gasteiger partial charge < -0.3 is 20.7 Å². The normalized spacial score (nSPS) is 12.2. The van der Waals surface area contributed by atoms with E-state index in [1.165, 1.54) is 0 Å². The number of amides is 1. The molecule has 1 amide bonds. The van der Waals surface area contributed by atoms with Gasteiger partial charge in [0.05, 0.1) is 24.8 Å². The molecule has 0 bridgehead atoms. The molecule has 0 saturated carbocycles. The van der Waals surface area contributed by atoms with Crippen molar-refractivity contribution >= 4 is 36.0 Å². The van der Waals surface area contributed by atoms with Crippen LogP contribution in [0.25, 0.3) is 0 Å². The maximum atomic E-state index is 12.0. The van der Waals surface area contributed by atoms with Crippen LogP contribution in [-0.2, 0) is 11.3 Å². The Bertz CT molecular complexity index is 607. The van der Waals surface area contributed by atoms with E-state index in [2.05, 4.69) is 26.0 Å². The van der Waals surface area contributed by atoms with Gasteiger partial charge in [0.15, 0.2) is 5.96 Å². The molecule has 156 valence electrons. The number of nitrogens with one attached hydrogen (secondary N) is 3. The predicted molar refractivity (Wildman–Crippen MR) is 120 cm³/mol. The number of ether oxygens (including phenoxy) is 1. The van der Waals surface area contributed by atoms with Crippen LogP contribution in [0.1, 0.15) is 47.1 Å². The van der Waals surface area contributed by atoms with E-state index >= 15 is 0 Å². The lowest BCUT2D eigenvalue weighted by atomic mass is 10.1. The SMILES string of the molecule is CCNC(=NCC(C)(C)NC(=O)OC(C)(C)C)NCCn1cc(C)cn1.I. The van der Waals surface area contributed by atoms with Crippen molar-refractivity contribution in [2.75, 3.05) is 19.6 Å². The number of alkyl carbamates (subject to hydrolysis) is 1.